The van der Waals surface area contributed by atoms with Crippen LogP contribution >= 0.6 is 0 Å². The van der Waals surface area contributed by atoms with Crippen molar-refractivity contribution in [2.45, 2.75) is 31.6 Å². The lowest BCUT2D eigenvalue weighted by Gasteiger charge is -2.40. The molecule has 5 rings (SSSR count). The average molecular weight is 499 g/mol. The Bertz CT molecular complexity index is 1420. The van der Waals surface area contributed by atoms with Gasteiger partial charge in [0.15, 0.2) is 5.58 Å². The molecule has 1 N–H and O–H groups in total. The fourth-order valence-electron chi connectivity index (χ4n) is 5.10. The lowest BCUT2D eigenvalue weighted by Crippen LogP contribution is -2.53. The van der Waals surface area contributed by atoms with Crippen LogP contribution < -0.4 is 10.7 Å². The topological polar surface area (TPSA) is 107 Å². The Labute approximate surface area is 204 Å². The summed E-state index contributed by atoms with van der Waals surface area (Å²) in [6.45, 7) is 7.51. The van der Waals surface area contributed by atoms with Gasteiger partial charge in [-0.25, -0.2) is 13.2 Å². The van der Waals surface area contributed by atoms with E-state index in [4.69, 9.17) is 4.42 Å². The molecule has 3 heterocycles. The van der Waals surface area contributed by atoms with E-state index in [-0.39, 0.29) is 28.8 Å². The normalized spacial score (nSPS) is 19.9. The minimum absolute atomic E-state index is 0.0256. The number of fused-ring (bicyclic) bond motifs is 1. The molecule has 0 saturated carbocycles. The third kappa shape index (κ3) is 4.48. The number of nitrogens with zero attached hydrogens (tertiary/aromatic N) is 3. The molecular formula is C25H30N4O5S. The summed E-state index contributed by atoms with van der Waals surface area (Å²) in [7, 11) is -3.82. The Balaban J connectivity index is 1.26. The monoisotopic (exact) mass is 498 g/mol. The van der Waals surface area contributed by atoms with E-state index in [1.807, 2.05) is 4.90 Å². The number of rotatable bonds is 4. The van der Waals surface area contributed by atoms with Gasteiger partial charge >= 0.3 is 5.76 Å². The number of aryl methyl sites for hydroxylation is 1. The number of benzene rings is 2. The highest BCUT2D eigenvalue weighted by Crippen LogP contribution is 2.28. The second kappa shape index (κ2) is 9.16. The molecule has 2 fully saturated rings. The van der Waals surface area contributed by atoms with Gasteiger partial charge in [0, 0.05) is 51.0 Å². The number of carbonyl (C=O) groups is 1. The van der Waals surface area contributed by atoms with E-state index in [2.05, 4.69) is 41.9 Å². The van der Waals surface area contributed by atoms with Crippen LogP contribution in [0.3, 0.4) is 0 Å². The van der Waals surface area contributed by atoms with Gasteiger partial charge in [0.05, 0.1) is 16.3 Å². The first kappa shape index (κ1) is 23.6. The van der Waals surface area contributed by atoms with Gasteiger partial charge in [-0.1, -0.05) is 12.1 Å². The number of H-pyrrole nitrogens is 1. The molecule has 2 aromatic carbocycles. The summed E-state index contributed by atoms with van der Waals surface area (Å²) >= 11 is 0. The van der Waals surface area contributed by atoms with Gasteiger partial charge in [-0.05, 0) is 56.0 Å². The molecule has 0 unspecified atom stereocenters. The van der Waals surface area contributed by atoms with Crippen LogP contribution in [0.15, 0.2) is 50.5 Å². The Morgan fingerprint density at radius 3 is 2.60 bits per heavy atom. The fourth-order valence-corrected chi connectivity index (χ4v) is 6.64. The lowest BCUT2D eigenvalue weighted by molar-refractivity contribution is -0.137. The van der Waals surface area contributed by atoms with E-state index >= 15 is 0 Å². The van der Waals surface area contributed by atoms with E-state index in [0.717, 1.165) is 13.1 Å². The number of carbonyl (C=O) groups excluding carboxylic acids is 1. The van der Waals surface area contributed by atoms with Crippen molar-refractivity contribution in [2.75, 3.05) is 44.2 Å². The summed E-state index contributed by atoms with van der Waals surface area (Å²) in [4.78, 5) is 31.5. The molecule has 9 nitrogen and oxygen atoms in total. The molecule has 0 bridgehead atoms. The standard InChI is InChI=1S/C25H30N4O5S/c1-17-5-3-7-22(18(17)2)27-11-13-28(14-12-27)24(30)19-6-4-10-29(16-19)35(32,33)20-8-9-21-23(15-20)34-25(31)26-21/h3,5,7-9,15,19H,4,6,10-14,16H2,1-2H3,(H,26,31)/t19-/m0/s1. The van der Waals surface area contributed by atoms with E-state index in [1.165, 1.54) is 39.3 Å². The zero-order valence-electron chi connectivity index (χ0n) is 20.0. The third-order valence-electron chi connectivity index (χ3n) is 7.27. The Hall–Kier alpha value is -3.11. The fraction of sp³-hybridized carbons (Fsp3) is 0.440. The van der Waals surface area contributed by atoms with Crippen molar-refractivity contribution >= 4 is 32.7 Å². The van der Waals surface area contributed by atoms with Crippen molar-refractivity contribution in [3.63, 3.8) is 0 Å². The maximum absolute atomic E-state index is 13.3. The summed E-state index contributed by atoms with van der Waals surface area (Å²) in [5.41, 5.74) is 4.37. The maximum Gasteiger partial charge on any atom is 0.417 e. The number of sulfonamides is 1. The molecule has 186 valence electrons. The maximum atomic E-state index is 13.3. The molecule has 2 aliphatic rings. The Morgan fingerprint density at radius 1 is 1.06 bits per heavy atom. The first-order valence-corrected chi connectivity index (χ1v) is 13.4. The van der Waals surface area contributed by atoms with Gasteiger partial charge in [0.2, 0.25) is 15.9 Å². The second-order valence-electron chi connectivity index (χ2n) is 9.41. The molecule has 2 aliphatic heterocycles. The zero-order valence-corrected chi connectivity index (χ0v) is 20.8. The van der Waals surface area contributed by atoms with E-state index in [0.29, 0.717) is 38.0 Å². The minimum atomic E-state index is -3.82. The summed E-state index contributed by atoms with van der Waals surface area (Å²) in [6.07, 6.45) is 1.30. The number of amides is 1. The predicted octanol–water partition coefficient (Wildman–Crippen LogP) is 2.49. The number of piperazine rings is 1. The van der Waals surface area contributed by atoms with E-state index in [1.54, 1.807) is 0 Å². The highest BCUT2D eigenvalue weighted by molar-refractivity contribution is 7.89. The molecule has 0 spiro atoms. The SMILES string of the molecule is Cc1cccc(N2CCN(C(=O)[C@H]3CCCN(S(=O)(=O)c4ccc5[nH]c(=O)oc5c4)C3)CC2)c1C. The second-order valence-corrected chi connectivity index (χ2v) is 11.3. The van der Waals surface area contributed by atoms with Crippen LogP contribution in [0, 0.1) is 19.8 Å². The first-order valence-electron chi connectivity index (χ1n) is 12.0. The van der Waals surface area contributed by atoms with Gasteiger partial charge in [-0.15, -0.1) is 0 Å². The molecule has 1 amide bonds. The number of aromatic amines is 1. The van der Waals surface area contributed by atoms with Crippen LogP contribution in [-0.2, 0) is 14.8 Å². The van der Waals surface area contributed by atoms with E-state index < -0.39 is 15.8 Å². The van der Waals surface area contributed by atoms with Crippen LogP contribution in [0.4, 0.5) is 5.69 Å². The molecule has 3 aromatic rings. The van der Waals surface area contributed by atoms with Crippen molar-refractivity contribution in [2.24, 2.45) is 5.92 Å². The molecule has 0 aliphatic carbocycles. The molecule has 0 radical (unpaired) electrons. The average Bonchev–Trinajstić information content (AvgIpc) is 3.25. The summed E-state index contributed by atoms with van der Waals surface area (Å²) in [5.74, 6) is -0.965. The van der Waals surface area contributed by atoms with Crippen LogP contribution in [0.5, 0.6) is 0 Å². The highest BCUT2D eigenvalue weighted by atomic mass is 32.2. The van der Waals surface area contributed by atoms with Gasteiger partial charge in [-0.3, -0.25) is 9.78 Å². The third-order valence-corrected chi connectivity index (χ3v) is 9.13. The summed E-state index contributed by atoms with van der Waals surface area (Å²) < 4.78 is 33.0. The Kier molecular flexibility index (Phi) is 6.18. The van der Waals surface area contributed by atoms with Crippen molar-refractivity contribution < 1.29 is 17.6 Å². The molecule has 1 atom stereocenters. The highest BCUT2D eigenvalue weighted by Gasteiger charge is 2.36. The van der Waals surface area contributed by atoms with Crippen LogP contribution in [0.1, 0.15) is 24.0 Å². The molecule has 10 heteroatoms. The van der Waals surface area contributed by atoms with Crippen molar-refractivity contribution in [3.05, 3.63) is 58.1 Å². The smallest absolute Gasteiger partial charge is 0.408 e. The molecule has 35 heavy (non-hydrogen) atoms. The molecular weight excluding hydrogens is 468 g/mol. The van der Waals surface area contributed by atoms with E-state index in [9.17, 15) is 18.0 Å². The minimum Gasteiger partial charge on any atom is -0.408 e. The number of aromatic nitrogens is 1. The number of anilines is 1. The van der Waals surface area contributed by atoms with Crippen LogP contribution in [0.25, 0.3) is 11.1 Å². The van der Waals surface area contributed by atoms with Gasteiger partial charge < -0.3 is 14.2 Å². The van der Waals surface area contributed by atoms with Gasteiger partial charge in [-0.2, -0.15) is 4.31 Å². The first-order chi connectivity index (χ1) is 16.7. The summed E-state index contributed by atoms with van der Waals surface area (Å²) in [5, 5.41) is 0. The Morgan fingerprint density at radius 2 is 1.83 bits per heavy atom. The van der Waals surface area contributed by atoms with Crippen LogP contribution in [0.2, 0.25) is 0 Å². The summed E-state index contributed by atoms with van der Waals surface area (Å²) in [6, 6.07) is 10.6. The predicted molar refractivity (Wildman–Crippen MR) is 133 cm³/mol. The zero-order chi connectivity index (χ0) is 24.7. The number of nitrogens with one attached hydrogen (secondary N) is 1. The van der Waals surface area contributed by atoms with Crippen LogP contribution in [-0.4, -0.2) is 67.8 Å². The number of piperidine rings is 1. The van der Waals surface area contributed by atoms with Gasteiger partial charge in [0.1, 0.15) is 0 Å². The van der Waals surface area contributed by atoms with Crippen molar-refractivity contribution in [3.8, 4) is 0 Å². The lowest BCUT2D eigenvalue weighted by atomic mass is 9.97. The van der Waals surface area contributed by atoms with Gasteiger partial charge in [0.25, 0.3) is 0 Å². The molecule has 2 saturated heterocycles. The number of hydrogen-bond donors (Lipinski definition) is 1. The molecule has 1 aromatic heterocycles. The van der Waals surface area contributed by atoms with Crippen molar-refractivity contribution in [1.82, 2.24) is 14.2 Å². The largest absolute Gasteiger partial charge is 0.417 e. The number of oxazole rings is 1. The number of hydrogen-bond acceptors (Lipinski definition) is 6. The quantitative estimate of drug-likeness (QED) is 0.592. The van der Waals surface area contributed by atoms with Crippen molar-refractivity contribution in [1.29, 1.82) is 0 Å².